The predicted octanol–water partition coefficient (Wildman–Crippen LogP) is 2.31. The van der Waals surface area contributed by atoms with Crippen molar-refractivity contribution in [2.75, 3.05) is 18.0 Å². The van der Waals surface area contributed by atoms with Gasteiger partial charge in [0.1, 0.15) is 11.6 Å². The van der Waals surface area contributed by atoms with Crippen LogP contribution in [0.1, 0.15) is 6.42 Å². The maximum absolute atomic E-state index is 9.65. The lowest BCUT2D eigenvalue weighted by Gasteiger charge is -2.18. The third kappa shape index (κ3) is 2.22. The van der Waals surface area contributed by atoms with Crippen LogP contribution < -0.4 is 4.90 Å². The van der Waals surface area contributed by atoms with Crippen molar-refractivity contribution < 1.29 is 5.11 Å². The van der Waals surface area contributed by atoms with Crippen LogP contribution in [0, 0.1) is 0 Å². The van der Waals surface area contributed by atoms with Gasteiger partial charge < -0.3 is 14.6 Å². The van der Waals surface area contributed by atoms with E-state index in [0.29, 0.717) is 11.7 Å². The topological polar surface area (TPSA) is 41.3 Å². The second-order valence-corrected chi connectivity index (χ2v) is 5.22. The largest absolute Gasteiger partial charge is 0.391 e. The maximum atomic E-state index is 9.65. The lowest BCUT2D eigenvalue weighted by Crippen LogP contribution is -2.23. The molecule has 0 saturated carbocycles. The van der Waals surface area contributed by atoms with Gasteiger partial charge in [0, 0.05) is 25.7 Å². The van der Waals surface area contributed by atoms with Gasteiger partial charge in [0.15, 0.2) is 5.15 Å². The summed E-state index contributed by atoms with van der Waals surface area (Å²) >= 11 is 6.27. The van der Waals surface area contributed by atoms with Crippen LogP contribution in [0.4, 0.5) is 5.82 Å². The molecule has 1 unspecified atom stereocenters. The highest BCUT2D eigenvalue weighted by Gasteiger charge is 2.26. The normalized spacial score (nSPS) is 19.1. The van der Waals surface area contributed by atoms with Crippen LogP contribution in [-0.4, -0.2) is 33.9 Å². The van der Waals surface area contributed by atoms with Gasteiger partial charge in [-0.15, -0.1) is 0 Å². The van der Waals surface area contributed by atoms with Crippen molar-refractivity contribution in [2.45, 2.75) is 12.5 Å². The van der Waals surface area contributed by atoms with Gasteiger partial charge in [-0.05, 0) is 6.42 Å². The molecule has 2 aromatic rings. The Morgan fingerprint density at radius 1 is 1.32 bits per heavy atom. The lowest BCUT2D eigenvalue weighted by atomic mass is 10.2. The average molecular weight is 278 g/mol. The Morgan fingerprint density at radius 2 is 2.05 bits per heavy atom. The zero-order valence-electron chi connectivity index (χ0n) is 10.8. The molecule has 2 heterocycles. The zero-order valence-corrected chi connectivity index (χ0v) is 11.5. The van der Waals surface area contributed by atoms with Crippen LogP contribution in [0.15, 0.2) is 30.3 Å². The van der Waals surface area contributed by atoms with Crippen LogP contribution in [0.5, 0.6) is 0 Å². The fourth-order valence-corrected chi connectivity index (χ4v) is 2.91. The molecule has 0 amide bonds. The van der Waals surface area contributed by atoms with Crippen LogP contribution in [-0.2, 0) is 7.05 Å². The summed E-state index contributed by atoms with van der Waals surface area (Å²) in [6, 6.07) is 9.97. The van der Waals surface area contributed by atoms with Crippen molar-refractivity contribution in [3.63, 3.8) is 0 Å². The molecular weight excluding hydrogens is 262 g/mol. The van der Waals surface area contributed by atoms with E-state index in [0.717, 1.165) is 30.2 Å². The molecule has 1 aliphatic heterocycles. The summed E-state index contributed by atoms with van der Waals surface area (Å²) in [7, 11) is 1.96. The molecule has 1 saturated heterocycles. The number of nitrogens with zero attached hydrogens (tertiary/aromatic N) is 3. The summed E-state index contributed by atoms with van der Waals surface area (Å²) in [6.07, 6.45) is 0.508. The molecule has 19 heavy (non-hydrogen) atoms. The smallest absolute Gasteiger partial charge is 0.172 e. The molecule has 1 N–H and O–H groups in total. The van der Waals surface area contributed by atoms with Gasteiger partial charge in [0.2, 0.25) is 0 Å². The van der Waals surface area contributed by atoms with E-state index in [-0.39, 0.29) is 6.10 Å². The number of aliphatic hydroxyl groups is 1. The molecule has 3 rings (SSSR count). The molecule has 0 spiro atoms. The van der Waals surface area contributed by atoms with Crippen molar-refractivity contribution >= 4 is 17.4 Å². The SMILES string of the molecule is Cn1c(-c2ccccc2)nc(Cl)c1N1CCC(O)C1. The third-order valence-corrected chi connectivity index (χ3v) is 3.77. The number of rotatable bonds is 2. The second kappa shape index (κ2) is 4.87. The number of anilines is 1. The van der Waals surface area contributed by atoms with E-state index in [1.807, 2.05) is 41.9 Å². The van der Waals surface area contributed by atoms with E-state index >= 15 is 0 Å². The van der Waals surface area contributed by atoms with Gasteiger partial charge in [-0.1, -0.05) is 41.9 Å². The zero-order chi connectivity index (χ0) is 13.4. The van der Waals surface area contributed by atoms with Gasteiger partial charge in [-0.25, -0.2) is 4.98 Å². The summed E-state index contributed by atoms with van der Waals surface area (Å²) in [4.78, 5) is 6.54. The molecule has 1 aromatic carbocycles. The Hall–Kier alpha value is -1.52. The van der Waals surface area contributed by atoms with Crippen molar-refractivity contribution in [3.05, 3.63) is 35.5 Å². The summed E-state index contributed by atoms with van der Waals surface area (Å²) in [5, 5.41) is 10.1. The van der Waals surface area contributed by atoms with Crippen LogP contribution in [0.25, 0.3) is 11.4 Å². The number of aliphatic hydroxyl groups excluding tert-OH is 1. The Morgan fingerprint density at radius 3 is 2.68 bits per heavy atom. The number of aromatic nitrogens is 2. The van der Waals surface area contributed by atoms with Crippen LogP contribution in [0.3, 0.4) is 0 Å². The Bertz CT molecular complexity index is 582. The highest BCUT2D eigenvalue weighted by Crippen LogP contribution is 2.32. The minimum absolute atomic E-state index is 0.272. The molecule has 1 fully saturated rings. The number of β-amino-alcohol motifs (C(OH)–C–C–N with tert-alkyl or cyclic N) is 1. The van der Waals surface area contributed by atoms with E-state index < -0.39 is 0 Å². The van der Waals surface area contributed by atoms with Crippen molar-refractivity contribution in [1.29, 1.82) is 0 Å². The summed E-state index contributed by atoms with van der Waals surface area (Å²) in [5.74, 6) is 1.74. The minimum Gasteiger partial charge on any atom is -0.391 e. The number of imidazole rings is 1. The summed E-state index contributed by atoms with van der Waals surface area (Å²) < 4.78 is 2.00. The first-order valence-corrected chi connectivity index (χ1v) is 6.75. The first-order valence-electron chi connectivity index (χ1n) is 6.37. The van der Waals surface area contributed by atoms with Crippen molar-refractivity contribution in [3.8, 4) is 11.4 Å². The van der Waals surface area contributed by atoms with Crippen LogP contribution >= 0.6 is 11.6 Å². The molecule has 0 radical (unpaired) electrons. The van der Waals surface area contributed by atoms with E-state index in [1.165, 1.54) is 0 Å². The lowest BCUT2D eigenvalue weighted by molar-refractivity contribution is 0.198. The van der Waals surface area contributed by atoms with Gasteiger partial charge in [-0.3, -0.25) is 0 Å². The first kappa shape index (κ1) is 12.5. The van der Waals surface area contributed by atoms with E-state index in [4.69, 9.17) is 11.6 Å². The average Bonchev–Trinajstić information content (AvgIpc) is 2.95. The monoisotopic (exact) mass is 277 g/mol. The van der Waals surface area contributed by atoms with E-state index in [9.17, 15) is 5.11 Å². The van der Waals surface area contributed by atoms with Crippen molar-refractivity contribution in [1.82, 2.24) is 9.55 Å². The molecule has 4 nitrogen and oxygen atoms in total. The number of halogens is 1. The predicted molar refractivity (Wildman–Crippen MR) is 76.5 cm³/mol. The molecule has 0 bridgehead atoms. The third-order valence-electron chi connectivity index (χ3n) is 3.52. The molecule has 5 heteroatoms. The molecule has 1 aliphatic rings. The molecule has 100 valence electrons. The Balaban J connectivity index is 2.01. The number of hydrogen-bond donors (Lipinski definition) is 1. The number of hydrogen-bond acceptors (Lipinski definition) is 3. The Labute approximate surface area is 117 Å². The van der Waals surface area contributed by atoms with Gasteiger partial charge in [-0.2, -0.15) is 0 Å². The summed E-state index contributed by atoms with van der Waals surface area (Å²) in [5.41, 5.74) is 1.04. The van der Waals surface area contributed by atoms with Crippen molar-refractivity contribution in [2.24, 2.45) is 7.05 Å². The van der Waals surface area contributed by atoms with Crippen LogP contribution in [0.2, 0.25) is 5.15 Å². The van der Waals surface area contributed by atoms with E-state index in [1.54, 1.807) is 0 Å². The molecule has 1 aromatic heterocycles. The number of benzene rings is 1. The van der Waals surface area contributed by atoms with E-state index in [2.05, 4.69) is 9.88 Å². The van der Waals surface area contributed by atoms with Gasteiger partial charge in [0.05, 0.1) is 6.10 Å². The fraction of sp³-hybridized carbons (Fsp3) is 0.357. The quantitative estimate of drug-likeness (QED) is 0.916. The Kier molecular flexibility index (Phi) is 3.21. The van der Waals surface area contributed by atoms with Gasteiger partial charge >= 0.3 is 0 Å². The second-order valence-electron chi connectivity index (χ2n) is 4.86. The molecule has 1 atom stereocenters. The molecular formula is C14H16ClN3O. The highest BCUT2D eigenvalue weighted by atomic mass is 35.5. The standard InChI is InChI=1S/C14H16ClN3O/c1-17-13(10-5-3-2-4-6-10)16-12(15)14(17)18-8-7-11(19)9-18/h2-6,11,19H,7-9H2,1H3. The highest BCUT2D eigenvalue weighted by molar-refractivity contribution is 6.32. The first-order chi connectivity index (χ1) is 9.16. The van der Waals surface area contributed by atoms with Gasteiger partial charge in [0.25, 0.3) is 0 Å². The minimum atomic E-state index is -0.272. The molecule has 0 aliphatic carbocycles. The summed E-state index contributed by atoms with van der Waals surface area (Å²) in [6.45, 7) is 1.43. The fourth-order valence-electron chi connectivity index (χ4n) is 2.58. The maximum Gasteiger partial charge on any atom is 0.172 e.